The van der Waals surface area contributed by atoms with Crippen LogP contribution in [0.1, 0.15) is 47.0 Å². The molecule has 14 heavy (non-hydrogen) atoms. The van der Waals surface area contributed by atoms with E-state index in [9.17, 15) is 0 Å². The second kappa shape index (κ2) is 5.72. The third-order valence-electron chi connectivity index (χ3n) is 3.23. The van der Waals surface area contributed by atoms with Gasteiger partial charge in [-0.05, 0) is 33.1 Å². The van der Waals surface area contributed by atoms with Crippen molar-refractivity contribution in [2.45, 2.75) is 65.1 Å². The average molecular weight is 199 g/mol. The summed E-state index contributed by atoms with van der Waals surface area (Å²) in [4.78, 5) is 2.61. The first-order valence-corrected chi connectivity index (χ1v) is 6.08. The molecule has 1 fully saturated rings. The summed E-state index contributed by atoms with van der Waals surface area (Å²) in [7, 11) is 0. The maximum Gasteiger partial charge on any atom is 0.0727 e. The normalized spacial score (nSPS) is 30.6. The molecule has 1 saturated heterocycles. The lowest BCUT2D eigenvalue weighted by Crippen LogP contribution is -2.46. The van der Waals surface area contributed by atoms with Crippen molar-refractivity contribution in [2.24, 2.45) is 0 Å². The lowest BCUT2D eigenvalue weighted by molar-refractivity contribution is 0.00430. The molecule has 1 rings (SSSR count). The van der Waals surface area contributed by atoms with Crippen molar-refractivity contribution >= 4 is 0 Å². The number of nitrogens with zero attached hydrogens (tertiary/aromatic N) is 1. The fourth-order valence-electron chi connectivity index (χ4n) is 2.50. The Bertz CT molecular complexity index is 158. The van der Waals surface area contributed by atoms with Crippen molar-refractivity contribution < 1.29 is 4.74 Å². The summed E-state index contributed by atoms with van der Waals surface area (Å²) in [5.41, 5.74) is 0. The monoisotopic (exact) mass is 199 g/mol. The van der Waals surface area contributed by atoms with Gasteiger partial charge in [-0.15, -0.1) is 0 Å². The van der Waals surface area contributed by atoms with Crippen LogP contribution in [0.5, 0.6) is 0 Å². The van der Waals surface area contributed by atoms with Gasteiger partial charge in [0.25, 0.3) is 0 Å². The van der Waals surface area contributed by atoms with E-state index in [0.29, 0.717) is 18.2 Å². The minimum Gasteiger partial charge on any atom is -0.377 e. The van der Waals surface area contributed by atoms with Gasteiger partial charge < -0.3 is 4.74 Å². The quantitative estimate of drug-likeness (QED) is 0.693. The number of ether oxygens (including phenoxy) is 1. The van der Waals surface area contributed by atoms with Gasteiger partial charge in [0, 0.05) is 25.2 Å². The van der Waals surface area contributed by atoms with E-state index in [2.05, 4.69) is 32.6 Å². The summed E-state index contributed by atoms with van der Waals surface area (Å²) >= 11 is 0. The summed E-state index contributed by atoms with van der Waals surface area (Å²) in [5, 5.41) is 0. The molecule has 1 aliphatic heterocycles. The summed E-state index contributed by atoms with van der Waals surface area (Å²) in [5.74, 6) is 0. The van der Waals surface area contributed by atoms with E-state index < -0.39 is 0 Å². The largest absolute Gasteiger partial charge is 0.377 e. The van der Waals surface area contributed by atoms with Crippen molar-refractivity contribution in [1.82, 2.24) is 4.90 Å². The van der Waals surface area contributed by atoms with Crippen molar-refractivity contribution in [3.8, 4) is 0 Å². The lowest BCUT2D eigenvalue weighted by atomic mass is 10.0. The van der Waals surface area contributed by atoms with Crippen LogP contribution in [-0.4, -0.2) is 36.2 Å². The summed E-state index contributed by atoms with van der Waals surface area (Å²) in [6.07, 6.45) is 3.98. The van der Waals surface area contributed by atoms with Crippen LogP contribution in [-0.2, 0) is 4.74 Å². The Morgan fingerprint density at radius 2 is 2.00 bits per heavy atom. The maximum atomic E-state index is 5.89. The van der Waals surface area contributed by atoms with Crippen LogP contribution in [0.25, 0.3) is 0 Å². The standard InChI is InChI=1S/C12H25NO/c1-5-11-12(6-2)14-9-7-8-13(11)10(3)4/h10-12H,5-9H2,1-4H3. The molecule has 0 aromatic carbocycles. The lowest BCUT2D eigenvalue weighted by Gasteiger charge is -2.36. The summed E-state index contributed by atoms with van der Waals surface area (Å²) in [6.45, 7) is 11.2. The molecule has 2 heteroatoms. The van der Waals surface area contributed by atoms with Crippen molar-refractivity contribution in [2.75, 3.05) is 13.2 Å². The predicted octanol–water partition coefficient (Wildman–Crippen LogP) is 2.67. The highest BCUT2D eigenvalue weighted by molar-refractivity contribution is 4.82. The van der Waals surface area contributed by atoms with Gasteiger partial charge in [-0.25, -0.2) is 0 Å². The Kier molecular flexibility index (Phi) is 4.90. The van der Waals surface area contributed by atoms with E-state index in [0.717, 1.165) is 13.0 Å². The molecule has 0 saturated carbocycles. The van der Waals surface area contributed by atoms with E-state index >= 15 is 0 Å². The van der Waals surface area contributed by atoms with Crippen LogP contribution in [0.2, 0.25) is 0 Å². The predicted molar refractivity (Wildman–Crippen MR) is 60.6 cm³/mol. The fourth-order valence-corrected chi connectivity index (χ4v) is 2.50. The molecule has 0 aliphatic carbocycles. The molecule has 0 spiro atoms. The first-order chi connectivity index (χ1) is 6.70. The third kappa shape index (κ3) is 2.71. The second-order valence-electron chi connectivity index (χ2n) is 4.48. The Hall–Kier alpha value is -0.0800. The van der Waals surface area contributed by atoms with Crippen molar-refractivity contribution in [3.63, 3.8) is 0 Å². The Morgan fingerprint density at radius 3 is 2.50 bits per heavy atom. The highest BCUT2D eigenvalue weighted by Gasteiger charge is 2.29. The van der Waals surface area contributed by atoms with Gasteiger partial charge in [0.2, 0.25) is 0 Å². The fraction of sp³-hybridized carbons (Fsp3) is 1.00. The molecule has 0 N–H and O–H groups in total. The van der Waals surface area contributed by atoms with Gasteiger partial charge in [0.05, 0.1) is 6.10 Å². The second-order valence-corrected chi connectivity index (χ2v) is 4.48. The number of hydrogen-bond acceptors (Lipinski definition) is 2. The van der Waals surface area contributed by atoms with Gasteiger partial charge in [-0.3, -0.25) is 4.90 Å². The van der Waals surface area contributed by atoms with Gasteiger partial charge in [0.15, 0.2) is 0 Å². The van der Waals surface area contributed by atoms with Gasteiger partial charge in [0.1, 0.15) is 0 Å². The molecule has 2 atom stereocenters. The topological polar surface area (TPSA) is 12.5 Å². The van der Waals surface area contributed by atoms with Gasteiger partial charge in [-0.1, -0.05) is 13.8 Å². The first kappa shape index (κ1) is 12.0. The Morgan fingerprint density at radius 1 is 1.29 bits per heavy atom. The van der Waals surface area contributed by atoms with E-state index in [-0.39, 0.29) is 0 Å². The molecule has 0 aromatic heterocycles. The highest BCUT2D eigenvalue weighted by atomic mass is 16.5. The van der Waals surface area contributed by atoms with E-state index in [1.165, 1.54) is 19.4 Å². The van der Waals surface area contributed by atoms with Gasteiger partial charge in [-0.2, -0.15) is 0 Å². The van der Waals surface area contributed by atoms with Crippen molar-refractivity contribution in [3.05, 3.63) is 0 Å². The molecule has 0 bridgehead atoms. The highest BCUT2D eigenvalue weighted by Crippen LogP contribution is 2.21. The van der Waals surface area contributed by atoms with E-state index in [4.69, 9.17) is 4.74 Å². The molecule has 0 amide bonds. The zero-order valence-corrected chi connectivity index (χ0v) is 10.1. The summed E-state index contributed by atoms with van der Waals surface area (Å²) in [6, 6.07) is 1.28. The molecular weight excluding hydrogens is 174 g/mol. The SMILES string of the molecule is CCC1OCCCN(C(C)C)C1CC. The molecule has 2 nitrogen and oxygen atoms in total. The number of hydrogen-bond donors (Lipinski definition) is 0. The Balaban J connectivity index is 2.69. The van der Waals surface area contributed by atoms with Crippen LogP contribution in [0, 0.1) is 0 Å². The molecule has 84 valence electrons. The summed E-state index contributed by atoms with van der Waals surface area (Å²) < 4.78 is 5.89. The molecule has 0 aromatic rings. The maximum absolute atomic E-state index is 5.89. The van der Waals surface area contributed by atoms with E-state index in [1.807, 2.05) is 0 Å². The molecule has 0 radical (unpaired) electrons. The van der Waals surface area contributed by atoms with Crippen LogP contribution < -0.4 is 0 Å². The Labute approximate surface area is 88.6 Å². The van der Waals surface area contributed by atoms with Crippen LogP contribution >= 0.6 is 0 Å². The minimum atomic E-state index is 0.449. The number of rotatable bonds is 3. The van der Waals surface area contributed by atoms with Crippen LogP contribution in [0.3, 0.4) is 0 Å². The molecule has 1 heterocycles. The zero-order chi connectivity index (χ0) is 10.6. The van der Waals surface area contributed by atoms with Crippen LogP contribution in [0.15, 0.2) is 0 Å². The van der Waals surface area contributed by atoms with Gasteiger partial charge >= 0.3 is 0 Å². The van der Waals surface area contributed by atoms with Crippen molar-refractivity contribution in [1.29, 1.82) is 0 Å². The average Bonchev–Trinajstić information content (AvgIpc) is 2.38. The first-order valence-electron chi connectivity index (χ1n) is 6.08. The van der Waals surface area contributed by atoms with E-state index in [1.54, 1.807) is 0 Å². The smallest absolute Gasteiger partial charge is 0.0727 e. The van der Waals surface area contributed by atoms with Crippen LogP contribution in [0.4, 0.5) is 0 Å². The minimum absolute atomic E-state index is 0.449. The molecular formula is C12H25NO. The zero-order valence-electron chi connectivity index (χ0n) is 10.1. The third-order valence-corrected chi connectivity index (χ3v) is 3.23. The molecule has 1 aliphatic rings. The molecule has 2 unspecified atom stereocenters.